The first-order chi connectivity index (χ1) is 7.24. The summed E-state index contributed by atoms with van der Waals surface area (Å²) in [6, 6.07) is -0.325. The minimum atomic E-state index is -0.207. The number of carbonyl (C=O) groups excluding carboxylic acids is 2. The number of amides is 1. The van der Waals surface area contributed by atoms with Gasteiger partial charge in [-0.1, -0.05) is 0 Å². The quantitative estimate of drug-likeness (QED) is 0.628. The highest BCUT2D eigenvalue weighted by Crippen LogP contribution is 2.26. The first-order valence-corrected chi connectivity index (χ1v) is 5.44. The van der Waals surface area contributed by atoms with Gasteiger partial charge >= 0.3 is 5.97 Å². The van der Waals surface area contributed by atoms with Crippen LogP contribution in [0.1, 0.15) is 19.8 Å². The highest BCUT2D eigenvalue weighted by atomic mass is 16.5. The number of piperazine rings is 1. The topological polar surface area (TPSA) is 58.6 Å². The molecule has 2 aliphatic heterocycles. The number of nitrogens with one attached hydrogen (secondary N) is 1. The molecule has 2 atom stereocenters. The highest BCUT2D eigenvalue weighted by molar-refractivity contribution is 5.85. The van der Waals surface area contributed by atoms with Gasteiger partial charge in [0, 0.05) is 13.1 Å². The summed E-state index contributed by atoms with van der Waals surface area (Å²) in [6.07, 6.45) is 1.49. The van der Waals surface area contributed by atoms with Gasteiger partial charge < -0.3 is 10.1 Å². The van der Waals surface area contributed by atoms with Gasteiger partial charge in [0.25, 0.3) is 0 Å². The van der Waals surface area contributed by atoms with Gasteiger partial charge in [0.1, 0.15) is 6.04 Å². The van der Waals surface area contributed by atoms with E-state index in [0.717, 1.165) is 19.4 Å². The molecule has 2 heterocycles. The molecule has 15 heavy (non-hydrogen) atoms. The molecule has 0 aliphatic carbocycles. The van der Waals surface area contributed by atoms with Gasteiger partial charge in [-0.15, -0.1) is 0 Å². The molecule has 0 aromatic heterocycles. The van der Waals surface area contributed by atoms with Gasteiger partial charge in [-0.25, -0.2) is 0 Å². The molecule has 5 heteroatoms. The van der Waals surface area contributed by atoms with Gasteiger partial charge in [0.2, 0.25) is 5.91 Å². The second-order valence-corrected chi connectivity index (χ2v) is 3.89. The predicted molar refractivity (Wildman–Crippen MR) is 53.2 cm³/mol. The summed E-state index contributed by atoms with van der Waals surface area (Å²) in [5, 5.41) is 2.81. The summed E-state index contributed by atoms with van der Waals surface area (Å²) in [6.45, 7) is 3.58. The van der Waals surface area contributed by atoms with Gasteiger partial charge in [-0.05, 0) is 19.8 Å². The third kappa shape index (κ3) is 1.84. The van der Waals surface area contributed by atoms with E-state index < -0.39 is 0 Å². The molecule has 0 aromatic rings. The number of fused-ring (bicyclic) bond motifs is 1. The summed E-state index contributed by atoms with van der Waals surface area (Å²) < 4.78 is 5.00. The fraction of sp³-hybridized carbons (Fsp3) is 0.800. The van der Waals surface area contributed by atoms with Crippen molar-refractivity contribution in [2.75, 3.05) is 19.7 Å². The molecule has 2 fully saturated rings. The molecule has 0 bridgehead atoms. The summed E-state index contributed by atoms with van der Waals surface area (Å²) in [5.41, 5.74) is 0. The Balaban J connectivity index is 2.04. The number of esters is 1. The van der Waals surface area contributed by atoms with Crippen molar-refractivity contribution < 1.29 is 14.3 Å². The fourth-order valence-electron chi connectivity index (χ4n) is 2.38. The van der Waals surface area contributed by atoms with E-state index in [1.165, 1.54) is 0 Å². The van der Waals surface area contributed by atoms with E-state index in [-0.39, 0.29) is 24.0 Å². The molecule has 1 N–H and O–H groups in total. The summed E-state index contributed by atoms with van der Waals surface area (Å²) >= 11 is 0. The smallest absolute Gasteiger partial charge is 0.323 e. The van der Waals surface area contributed by atoms with Crippen molar-refractivity contribution in [1.82, 2.24) is 10.2 Å². The molecule has 0 aromatic carbocycles. The molecular formula is C10H16N2O3. The number of nitrogens with zero attached hydrogens (tertiary/aromatic N) is 1. The molecule has 5 nitrogen and oxygen atoms in total. The van der Waals surface area contributed by atoms with E-state index in [4.69, 9.17) is 4.74 Å². The van der Waals surface area contributed by atoms with Crippen LogP contribution in [-0.4, -0.2) is 48.6 Å². The molecular weight excluding hydrogens is 196 g/mol. The molecule has 0 saturated carbocycles. The molecule has 2 rings (SSSR count). The molecule has 2 aliphatic rings. The van der Waals surface area contributed by atoms with Crippen LogP contribution in [0.15, 0.2) is 0 Å². The van der Waals surface area contributed by atoms with Crippen LogP contribution in [0.3, 0.4) is 0 Å². The van der Waals surface area contributed by atoms with Crippen LogP contribution < -0.4 is 5.32 Å². The molecule has 84 valence electrons. The standard InChI is InChI=1S/C10H16N2O3/c1-2-15-10(14)8-4-3-7-9(13)11-5-6-12(7)8/h7-8H,2-6H2,1H3,(H,11,13)/t7-,8-/m1/s1. The van der Waals surface area contributed by atoms with E-state index in [2.05, 4.69) is 5.32 Å². The number of rotatable bonds is 2. The van der Waals surface area contributed by atoms with E-state index in [1.807, 2.05) is 4.90 Å². The Bertz CT molecular complexity index is 280. The summed E-state index contributed by atoms with van der Waals surface area (Å²) in [7, 11) is 0. The van der Waals surface area contributed by atoms with Crippen LogP contribution in [0.25, 0.3) is 0 Å². The second kappa shape index (κ2) is 4.18. The SMILES string of the molecule is CCOC(=O)[C@H]1CC[C@@H]2C(=O)NCCN21. The second-order valence-electron chi connectivity index (χ2n) is 3.89. The van der Waals surface area contributed by atoms with Gasteiger partial charge in [-0.2, -0.15) is 0 Å². The van der Waals surface area contributed by atoms with Crippen molar-refractivity contribution >= 4 is 11.9 Å². The van der Waals surface area contributed by atoms with Crippen LogP contribution in [0.4, 0.5) is 0 Å². The lowest BCUT2D eigenvalue weighted by atomic mass is 10.2. The van der Waals surface area contributed by atoms with Crippen LogP contribution >= 0.6 is 0 Å². The Morgan fingerprint density at radius 3 is 3.13 bits per heavy atom. The predicted octanol–water partition coefficient (Wildman–Crippen LogP) is -0.488. The number of carbonyl (C=O) groups is 2. The van der Waals surface area contributed by atoms with Crippen molar-refractivity contribution in [2.45, 2.75) is 31.8 Å². The first-order valence-electron chi connectivity index (χ1n) is 5.44. The van der Waals surface area contributed by atoms with Crippen molar-refractivity contribution in [3.05, 3.63) is 0 Å². The van der Waals surface area contributed by atoms with E-state index >= 15 is 0 Å². The van der Waals surface area contributed by atoms with E-state index in [9.17, 15) is 9.59 Å². The lowest BCUT2D eigenvalue weighted by Crippen LogP contribution is -2.55. The summed E-state index contributed by atoms with van der Waals surface area (Å²) in [4.78, 5) is 25.1. The van der Waals surface area contributed by atoms with Gasteiger partial charge in [0.05, 0.1) is 12.6 Å². The average molecular weight is 212 g/mol. The van der Waals surface area contributed by atoms with Crippen molar-refractivity contribution in [1.29, 1.82) is 0 Å². The minimum absolute atomic E-state index is 0.0491. The molecule has 0 unspecified atom stereocenters. The number of hydrogen-bond acceptors (Lipinski definition) is 4. The monoisotopic (exact) mass is 212 g/mol. The number of hydrogen-bond donors (Lipinski definition) is 1. The Morgan fingerprint density at radius 2 is 2.40 bits per heavy atom. The van der Waals surface area contributed by atoms with Gasteiger partial charge in [0.15, 0.2) is 0 Å². The normalized spacial score (nSPS) is 30.9. The van der Waals surface area contributed by atoms with Crippen LogP contribution in [0.5, 0.6) is 0 Å². The van der Waals surface area contributed by atoms with Crippen molar-refractivity contribution in [3.63, 3.8) is 0 Å². The van der Waals surface area contributed by atoms with Crippen molar-refractivity contribution in [2.24, 2.45) is 0 Å². The minimum Gasteiger partial charge on any atom is -0.465 e. The van der Waals surface area contributed by atoms with Crippen molar-refractivity contribution in [3.8, 4) is 0 Å². The Labute approximate surface area is 88.8 Å². The highest BCUT2D eigenvalue weighted by Gasteiger charge is 2.43. The maximum absolute atomic E-state index is 11.6. The third-order valence-corrected chi connectivity index (χ3v) is 3.04. The molecule has 0 radical (unpaired) electrons. The third-order valence-electron chi connectivity index (χ3n) is 3.04. The maximum atomic E-state index is 11.6. The molecule has 0 spiro atoms. The van der Waals surface area contributed by atoms with E-state index in [1.54, 1.807) is 6.92 Å². The van der Waals surface area contributed by atoms with Crippen LogP contribution in [0.2, 0.25) is 0 Å². The first kappa shape index (κ1) is 10.4. The van der Waals surface area contributed by atoms with Crippen LogP contribution in [-0.2, 0) is 14.3 Å². The zero-order chi connectivity index (χ0) is 10.8. The number of ether oxygens (including phenoxy) is 1. The summed E-state index contributed by atoms with van der Waals surface area (Å²) in [5.74, 6) is -0.136. The fourth-order valence-corrected chi connectivity index (χ4v) is 2.38. The van der Waals surface area contributed by atoms with Gasteiger partial charge in [-0.3, -0.25) is 14.5 Å². The zero-order valence-electron chi connectivity index (χ0n) is 8.86. The maximum Gasteiger partial charge on any atom is 0.323 e. The Kier molecular flexibility index (Phi) is 2.90. The lowest BCUT2D eigenvalue weighted by molar-refractivity contribution is -0.149. The molecule has 2 saturated heterocycles. The Morgan fingerprint density at radius 1 is 1.60 bits per heavy atom. The van der Waals surface area contributed by atoms with E-state index in [0.29, 0.717) is 13.2 Å². The lowest BCUT2D eigenvalue weighted by Gasteiger charge is -2.32. The average Bonchev–Trinajstić information content (AvgIpc) is 2.63. The van der Waals surface area contributed by atoms with Crippen LogP contribution in [0, 0.1) is 0 Å². The molecule has 1 amide bonds. The Hall–Kier alpha value is -1.10. The largest absolute Gasteiger partial charge is 0.465 e. The zero-order valence-corrected chi connectivity index (χ0v) is 8.86.